The van der Waals surface area contributed by atoms with E-state index in [4.69, 9.17) is 4.42 Å². The number of aromatic nitrogens is 1. The minimum atomic E-state index is -0.416. The number of amides is 2. The summed E-state index contributed by atoms with van der Waals surface area (Å²) >= 11 is 0. The van der Waals surface area contributed by atoms with Crippen LogP contribution in [0.25, 0.3) is 0 Å². The van der Waals surface area contributed by atoms with Crippen LogP contribution in [0.1, 0.15) is 23.4 Å². The van der Waals surface area contributed by atoms with Crippen LogP contribution in [0.3, 0.4) is 0 Å². The molecule has 0 spiro atoms. The zero-order valence-corrected chi connectivity index (χ0v) is 10.6. The first-order valence-corrected chi connectivity index (χ1v) is 5.66. The van der Waals surface area contributed by atoms with E-state index in [-0.39, 0.29) is 11.8 Å². The first-order valence-electron chi connectivity index (χ1n) is 5.66. The molecule has 0 aliphatic rings. The number of nitrogens with one attached hydrogen (secondary N) is 2. The SMILES string of the molecule is CC(=O)Nc1ccc(NC(=O)c2ncc(C)o2)cc1. The number of oxazole rings is 1. The number of hydrogen-bond donors (Lipinski definition) is 2. The highest BCUT2D eigenvalue weighted by atomic mass is 16.4. The third kappa shape index (κ3) is 3.41. The molecule has 0 aliphatic heterocycles. The molecule has 2 rings (SSSR count). The lowest BCUT2D eigenvalue weighted by Gasteiger charge is -2.05. The molecule has 0 saturated heterocycles. The highest BCUT2D eigenvalue weighted by molar-refractivity contribution is 6.01. The van der Waals surface area contributed by atoms with Crippen LogP contribution in [0, 0.1) is 6.92 Å². The predicted octanol–water partition coefficient (Wildman–Crippen LogP) is 2.19. The summed E-state index contributed by atoms with van der Waals surface area (Å²) in [6.07, 6.45) is 1.48. The molecule has 2 amide bonds. The zero-order chi connectivity index (χ0) is 13.8. The van der Waals surface area contributed by atoms with Gasteiger partial charge in [-0.15, -0.1) is 0 Å². The highest BCUT2D eigenvalue weighted by Crippen LogP contribution is 2.14. The van der Waals surface area contributed by atoms with Gasteiger partial charge in [0.15, 0.2) is 0 Å². The van der Waals surface area contributed by atoms with Crippen molar-refractivity contribution in [2.45, 2.75) is 13.8 Å². The summed E-state index contributed by atoms with van der Waals surface area (Å²) < 4.78 is 5.11. The van der Waals surface area contributed by atoms with Crippen molar-refractivity contribution in [1.82, 2.24) is 4.98 Å². The average Bonchev–Trinajstić information content (AvgIpc) is 2.78. The van der Waals surface area contributed by atoms with Gasteiger partial charge in [0.25, 0.3) is 5.89 Å². The van der Waals surface area contributed by atoms with Gasteiger partial charge in [0, 0.05) is 18.3 Å². The summed E-state index contributed by atoms with van der Waals surface area (Å²) in [5.74, 6) is 0.0296. The maximum absolute atomic E-state index is 11.8. The first kappa shape index (κ1) is 12.8. The smallest absolute Gasteiger partial charge is 0.311 e. The Morgan fingerprint density at radius 3 is 2.16 bits per heavy atom. The Hall–Kier alpha value is -2.63. The lowest BCUT2D eigenvalue weighted by molar-refractivity contribution is -0.114. The topological polar surface area (TPSA) is 84.2 Å². The molecule has 0 aliphatic carbocycles. The van der Waals surface area contributed by atoms with Crippen molar-refractivity contribution in [2.24, 2.45) is 0 Å². The largest absolute Gasteiger partial charge is 0.438 e. The number of benzene rings is 1. The van der Waals surface area contributed by atoms with E-state index >= 15 is 0 Å². The standard InChI is InChI=1S/C13H13N3O3/c1-8-7-14-13(19-8)12(18)16-11-5-3-10(4-6-11)15-9(2)17/h3-7H,1-2H3,(H,15,17)(H,16,18). The van der Waals surface area contributed by atoms with Crippen molar-refractivity contribution in [3.8, 4) is 0 Å². The van der Waals surface area contributed by atoms with Crippen molar-refractivity contribution >= 4 is 23.2 Å². The molecule has 6 nitrogen and oxygen atoms in total. The molecular weight excluding hydrogens is 246 g/mol. The van der Waals surface area contributed by atoms with E-state index in [9.17, 15) is 9.59 Å². The van der Waals surface area contributed by atoms with Crippen LogP contribution in [-0.2, 0) is 4.79 Å². The minimum absolute atomic E-state index is 0.0171. The molecular formula is C13H13N3O3. The molecule has 0 fully saturated rings. The Bertz CT molecular complexity index is 602. The summed E-state index contributed by atoms with van der Waals surface area (Å²) in [5, 5.41) is 5.28. The van der Waals surface area contributed by atoms with Crippen LogP contribution in [0.4, 0.5) is 11.4 Å². The molecule has 19 heavy (non-hydrogen) atoms. The molecule has 2 aromatic rings. The number of aryl methyl sites for hydroxylation is 1. The van der Waals surface area contributed by atoms with Crippen LogP contribution < -0.4 is 10.6 Å². The van der Waals surface area contributed by atoms with Gasteiger partial charge in [-0.2, -0.15) is 0 Å². The quantitative estimate of drug-likeness (QED) is 0.884. The van der Waals surface area contributed by atoms with Crippen molar-refractivity contribution in [2.75, 3.05) is 10.6 Å². The van der Waals surface area contributed by atoms with E-state index in [2.05, 4.69) is 15.6 Å². The van der Waals surface area contributed by atoms with Crippen molar-refractivity contribution in [3.05, 3.63) is 42.1 Å². The van der Waals surface area contributed by atoms with E-state index in [1.807, 2.05) is 0 Å². The molecule has 1 heterocycles. The zero-order valence-electron chi connectivity index (χ0n) is 10.6. The Morgan fingerprint density at radius 2 is 1.68 bits per heavy atom. The monoisotopic (exact) mass is 259 g/mol. The van der Waals surface area contributed by atoms with Gasteiger partial charge in [-0.1, -0.05) is 0 Å². The van der Waals surface area contributed by atoms with E-state index in [1.54, 1.807) is 31.2 Å². The number of rotatable bonds is 3. The maximum atomic E-state index is 11.8. The number of nitrogens with zero attached hydrogens (tertiary/aromatic N) is 1. The average molecular weight is 259 g/mol. The second-order valence-corrected chi connectivity index (χ2v) is 3.99. The molecule has 6 heteroatoms. The number of carbonyl (C=O) groups excluding carboxylic acids is 2. The van der Waals surface area contributed by atoms with Gasteiger partial charge in [-0.25, -0.2) is 4.98 Å². The van der Waals surface area contributed by atoms with Crippen molar-refractivity contribution in [1.29, 1.82) is 0 Å². The Kier molecular flexibility index (Phi) is 3.61. The summed E-state index contributed by atoms with van der Waals surface area (Å²) in [5.41, 5.74) is 1.26. The molecule has 0 radical (unpaired) electrons. The van der Waals surface area contributed by atoms with Gasteiger partial charge in [-0.3, -0.25) is 9.59 Å². The van der Waals surface area contributed by atoms with Gasteiger partial charge >= 0.3 is 5.91 Å². The van der Waals surface area contributed by atoms with Crippen LogP contribution in [0.2, 0.25) is 0 Å². The fourth-order valence-electron chi connectivity index (χ4n) is 1.48. The van der Waals surface area contributed by atoms with Crippen molar-refractivity contribution in [3.63, 3.8) is 0 Å². The van der Waals surface area contributed by atoms with Crippen LogP contribution in [-0.4, -0.2) is 16.8 Å². The molecule has 1 aromatic heterocycles. The Morgan fingerprint density at radius 1 is 1.11 bits per heavy atom. The lowest BCUT2D eigenvalue weighted by atomic mass is 10.2. The van der Waals surface area contributed by atoms with Gasteiger partial charge in [-0.05, 0) is 31.2 Å². The van der Waals surface area contributed by atoms with E-state index < -0.39 is 5.91 Å². The van der Waals surface area contributed by atoms with Crippen molar-refractivity contribution < 1.29 is 14.0 Å². The van der Waals surface area contributed by atoms with Gasteiger partial charge in [0.1, 0.15) is 5.76 Å². The molecule has 98 valence electrons. The number of anilines is 2. The molecule has 0 saturated carbocycles. The van der Waals surface area contributed by atoms with Crippen LogP contribution in [0.5, 0.6) is 0 Å². The summed E-state index contributed by atoms with van der Waals surface area (Å²) in [6, 6.07) is 6.74. The van der Waals surface area contributed by atoms with E-state index in [1.165, 1.54) is 13.1 Å². The molecule has 1 aromatic carbocycles. The first-order chi connectivity index (χ1) is 9.04. The molecule has 2 N–H and O–H groups in total. The summed E-state index contributed by atoms with van der Waals surface area (Å²) in [6.45, 7) is 3.15. The maximum Gasteiger partial charge on any atom is 0.311 e. The van der Waals surface area contributed by atoms with Crippen LogP contribution >= 0.6 is 0 Å². The molecule has 0 unspecified atom stereocenters. The summed E-state index contributed by atoms with van der Waals surface area (Å²) in [7, 11) is 0. The van der Waals surface area contributed by atoms with Gasteiger partial charge in [0.05, 0.1) is 6.20 Å². The number of carbonyl (C=O) groups is 2. The van der Waals surface area contributed by atoms with E-state index in [0.717, 1.165) is 0 Å². The Balaban J connectivity index is 2.03. The van der Waals surface area contributed by atoms with Crippen LogP contribution in [0.15, 0.2) is 34.9 Å². The minimum Gasteiger partial charge on any atom is -0.438 e. The Labute approximate surface area is 109 Å². The normalized spacial score (nSPS) is 10.0. The molecule has 0 bridgehead atoms. The highest BCUT2D eigenvalue weighted by Gasteiger charge is 2.11. The number of hydrogen-bond acceptors (Lipinski definition) is 4. The summed E-state index contributed by atoms with van der Waals surface area (Å²) in [4.78, 5) is 26.4. The molecule has 0 atom stereocenters. The third-order valence-corrected chi connectivity index (χ3v) is 2.28. The van der Waals surface area contributed by atoms with Gasteiger partial charge in [0.2, 0.25) is 5.91 Å². The second kappa shape index (κ2) is 5.34. The third-order valence-electron chi connectivity index (χ3n) is 2.28. The van der Waals surface area contributed by atoms with E-state index in [0.29, 0.717) is 17.1 Å². The predicted molar refractivity (Wildman–Crippen MR) is 69.9 cm³/mol. The fourth-order valence-corrected chi connectivity index (χ4v) is 1.48. The van der Waals surface area contributed by atoms with Gasteiger partial charge < -0.3 is 15.1 Å². The lowest BCUT2D eigenvalue weighted by Crippen LogP contribution is -2.12. The fraction of sp³-hybridized carbons (Fsp3) is 0.154. The second-order valence-electron chi connectivity index (χ2n) is 3.99.